The lowest BCUT2D eigenvalue weighted by molar-refractivity contribution is -0.164. The number of hydrogen-bond donors (Lipinski definition) is 0. The van der Waals surface area contributed by atoms with Gasteiger partial charge in [0.25, 0.3) is 0 Å². The zero-order valence-electron chi connectivity index (χ0n) is 18.3. The number of ketones is 1. The number of Topliss-reactive ketones (excluding diaryl/α,β-unsaturated/α-hetero) is 1. The van der Waals surface area contributed by atoms with Crippen molar-refractivity contribution in [1.82, 2.24) is 4.90 Å². The number of fused-ring (bicyclic) bond motifs is 1. The number of cyclic esters (lactones) is 1. The zero-order chi connectivity index (χ0) is 21.0. The Morgan fingerprint density at radius 2 is 1.93 bits per heavy atom. The van der Waals surface area contributed by atoms with E-state index in [0.717, 1.165) is 31.0 Å². The van der Waals surface area contributed by atoms with Gasteiger partial charge in [0, 0.05) is 0 Å². The highest BCUT2D eigenvalue weighted by atomic mass is 28.4. The van der Waals surface area contributed by atoms with Crippen molar-refractivity contribution in [3.8, 4) is 0 Å². The van der Waals surface area contributed by atoms with E-state index < -0.39 is 26.1 Å². The minimum absolute atomic E-state index is 0.0993. The first-order chi connectivity index (χ1) is 13.8. The third-order valence-corrected chi connectivity index (χ3v) is 12.6. The minimum atomic E-state index is -1.86. The number of carbonyl (C=O) groups is 2. The molecule has 3 heterocycles. The van der Waals surface area contributed by atoms with Gasteiger partial charge in [-0.05, 0) is 36.9 Å². The van der Waals surface area contributed by atoms with E-state index >= 15 is 0 Å². The summed E-state index contributed by atoms with van der Waals surface area (Å²) in [5, 5.41) is 0. The van der Waals surface area contributed by atoms with Gasteiger partial charge in [0.2, 0.25) is 0 Å². The Balaban J connectivity index is 1.65. The van der Waals surface area contributed by atoms with Gasteiger partial charge >= 0.3 is 6.09 Å². The second-order valence-electron chi connectivity index (χ2n) is 9.46. The Morgan fingerprint density at radius 3 is 2.55 bits per heavy atom. The first kappa shape index (κ1) is 21.1. The van der Waals surface area contributed by atoms with Crippen molar-refractivity contribution in [2.45, 2.75) is 95.5 Å². The van der Waals surface area contributed by atoms with Crippen molar-refractivity contribution in [3.63, 3.8) is 0 Å². The normalized spacial score (nSPS) is 38.8. The van der Waals surface area contributed by atoms with Crippen molar-refractivity contribution < 1.29 is 23.5 Å². The molecule has 0 aromatic heterocycles. The maximum absolute atomic E-state index is 13.9. The smallest absolute Gasteiger partial charge is 0.410 e. The maximum atomic E-state index is 13.9. The Bertz CT molecular complexity index is 697. The van der Waals surface area contributed by atoms with Gasteiger partial charge in [-0.25, -0.2) is 4.79 Å². The van der Waals surface area contributed by atoms with Crippen LogP contribution in [-0.2, 0) is 18.7 Å². The van der Waals surface area contributed by atoms with Gasteiger partial charge in [-0.3, -0.25) is 9.69 Å². The Hall–Kier alpha value is -1.18. The molecule has 1 aliphatic carbocycles. The van der Waals surface area contributed by atoms with Crippen LogP contribution in [0.25, 0.3) is 0 Å². The highest BCUT2D eigenvalue weighted by molar-refractivity contribution is 6.73. The van der Waals surface area contributed by atoms with Crippen LogP contribution in [0.4, 0.5) is 4.79 Å². The molecule has 0 aromatic carbocycles. The summed E-state index contributed by atoms with van der Waals surface area (Å²) in [6, 6.07) is 2.46. The van der Waals surface area contributed by atoms with Crippen molar-refractivity contribution in [2.75, 3.05) is 6.61 Å². The summed E-state index contributed by atoms with van der Waals surface area (Å²) in [6.07, 6.45) is 4.85. The molecule has 2 bridgehead atoms. The van der Waals surface area contributed by atoms with Gasteiger partial charge in [0.05, 0.1) is 23.7 Å². The molecule has 7 heteroatoms. The third kappa shape index (κ3) is 3.11. The molecule has 29 heavy (non-hydrogen) atoms. The van der Waals surface area contributed by atoms with E-state index in [-0.39, 0.29) is 35.9 Å². The molecule has 3 fully saturated rings. The molecular weight excluding hydrogens is 386 g/mol. The van der Waals surface area contributed by atoms with Crippen LogP contribution < -0.4 is 0 Å². The zero-order valence-corrected chi connectivity index (χ0v) is 19.3. The summed E-state index contributed by atoms with van der Waals surface area (Å²) < 4.78 is 18.6. The lowest BCUT2D eigenvalue weighted by atomic mass is 9.81. The molecule has 1 amide bonds. The van der Waals surface area contributed by atoms with Gasteiger partial charge in [0.15, 0.2) is 14.1 Å². The third-order valence-electron chi connectivity index (χ3n) is 7.90. The first-order valence-electron chi connectivity index (χ1n) is 11.3. The van der Waals surface area contributed by atoms with E-state index in [2.05, 4.69) is 40.7 Å². The molecule has 0 aromatic rings. The van der Waals surface area contributed by atoms with Crippen molar-refractivity contribution in [1.29, 1.82) is 0 Å². The second kappa shape index (κ2) is 7.50. The lowest BCUT2D eigenvalue weighted by Gasteiger charge is -2.45. The average molecular weight is 422 g/mol. The fourth-order valence-electron chi connectivity index (χ4n) is 5.88. The van der Waals surface area contributed by atoms with E-state index in [1.807, 2.05) is 6.08 Å². The van der Waals surface area contributed by atoms with E-state index in [9.17, 15) is 9.59 Å². The van der Waals surface area contributed by atoms with Crippen LogP contribution in [0.1, 0.15) is 47.5 Å². The summed E-state index contributed by atoms with van der Waals surface area (Å²) in [5.41, 5.74) is -0.546. The molecule has 1 spiro atoms. The van der Waals surface area contributed by atoms with Crippen molar-refractivity contribution in [3.05, 3.63) is 12.2 Å². The molecule has 1 saturated carbocycles. The number of amides is 1. The highest BCUT2D eigenvalue weighted by Crippen LogP contribution is 2.52. The van der Waals surface area contributed by atoms with Gasteiger partial charge in [0.1, 0.15) is 18.8 Å². The summed E-state index contributed by atoms with van der Waals surface area (Å²) in [5.74, 6) is -0.0213. The first-order valence-corrected chi connectivity index (χ1v) is 13.9. The molecule has 0 N–H and O–H groups in total. The van der Waals surface area contributed by atoms with Crippen molar-refractivity contribution in [2.24, 2.45) is 11.8 Å². The number of hydrogen-bond acceptors (Lipinski definition) is 5. The van der Waals surface area contributed by atoms with Crippen LogP contribution in [0.5, 0.6) is 0 Å². The lowest BCUT2D eigenvalue weighted by Crippen LogP contribution is -2.63. The topological polar surface area (TPSA) is 65.1 Å². The van der Waals surface area contributed by atoms with Crippen LogP contribution >= 0.6 is 0 Å². The molecule has 2 saturated heterocycles. The summed E-state index contributed by atoms with van der Waals surface area (Å²) in [4.78, 5) is 28.2. The number of nitrogens with zero attached hydrogens (tertiary/aromatic N) is 1. The standard InChI is InChI=1S/C22H35NO5Si/c1-6-29(7-2,8-3)28-16-9-11-22-12-10-17(27-22)19(20(24)18(16)22)23-15(14(4)5)13-26-21(23)25/h10,12,14-19H,6-9,11,13H2,1-5H3/t15-,16+,17-,18+,19-,22-/m0/s1. The summed E-state index contributed by atoms with van der Waals surface area (Å²) in [7, 11) is -1.86. The largest absolute Gasteiger partial charge is 0.447 e. The molecule has 6 nitrogen and oxygen atoms in total. The summed E-state index contributed by atoms with van der Waals surface area (Å²) >= 11 is 0. The fourth-order valence-corrected chi connectivity index (χ4v) is 8.77. The molecular formula is C22H35NO5Si. The van der Waals surface area contributed by atoms with E-state index in [1.54, 1.807) is 4.90 Å². The fraction of sp³-hybridized carbons (Fsp3) is 0.818. The Morgan fingerprint density at radius 1 is 1.24 bits per heavy atom. The Kier molecular flexibility index (Phi) is 5.45. The van der Waals surface area contributed by atoms with Gasteiger partial charge in [-0.15, -0.1) is 0 Å². The van der Waals surface area contributed by atoms with Crippen LogP contribution in [0.2, 0.25) is 18.1 Å². The monoisotopic (exact) mass is 421 g/mol. The molecule has 4 aliphatic rings. The van der Waals surface area contributed by atoms with Gasteiger partial charge < -0.3 is 13.9 Å². The number of rotatable bonds is 7. The average Bonchev–Trinajstić information content (AvgIpc) is 3.38. The molecule has 0 radical (unpaired) electrons. The number of carbonyl (C=O) groups excluding carboxylic acids is 2. The predicted molar refractivity (Wildman–Crippen MR) is 112 cm³/mol. The SMILES string of the molecule is CC[Si](CC)(CC)O[C@@H]1CC[C@@]23C=C[C@H](O2)[C@H](N2C(=O)OC[C@H]2C(C)C)C(=O)[C@@H]13. The Labute approximate surface area is 175 Å². The molecule has 0 unspecified atom stereocenters. The van der Waals surface area contributed by atoms with Gasteiger partial charge in [-0.2, -0.15) is 0 Å². The predicted octanol–water partition coefficient (Wildman–Crippen LogP) is 3.91. The second-order valence-corrected chi connectivity index (χ2v) is 14.2. The van der Waals surface area contributed by atoms with Crippen LogP contribution in [0, 0.1) is 11.8 Å². The van der Waals surface area contributed by atoms with Gasteiger partial charge in [-0.1, -0.05) is 46.8 Å². The summed E-state index contributed by atoms with van der Waals surface area (Å²) in [6.45, 7) is 11.1. The van der Waals surface area contributed by atoms with E-state index in [0.29, 0.717) is 6.61 Å². The van der Waals surface area contributed by atoms with E-state index in [4.69, 9.17) is 13.9 Å². The van der Waals surface area contributed by atoms with Crippen molar-refractivity contribution >= 4 is 20.2 Å². The van der Waals surface area contributed by atoms with Crippen LogP contribution in [0.3, 0.4) is 0 Å². The van der Waals surface area contributed by atoms with Crippen LogP contribution in [0.15, 0.2) is 12.2 Å². The van der Waals surface area contributed by atoms with E-state index in [1.165, 1.54) is 0 Å². The molecule has 4 rings (SSSR count). The van der Waals surface area contributed by atoms with Crippen LogP contribution in [-0.4, -0.2) is 61.6 Å². The maximum Gasteiger partial charge on any atom is 0.410 e. The molecule has 3 aliphatic heterocycles. The quantitative estimate of drug-likeness (QED) is 0.461. The minimum Gasteiger partial charge on any atom is -0.447 e. The molecule has 6 atom stereocenters. The molecule has 162 valence electrons. The highest BCUT2D eigenvalue weighted by Gasteiger charge is 2.64. The number of ether oxygens (including phenoxy) is 2.